The Kier molecular flexibility index (Phi) is 2.44. The van der Waals surface area contributed by atoms with Gasteiger partial charge >= 0.3 is 6.18 Å². The Morgan fingerprint density at radius 3 is 2.50 bits per heavy atom. The van der Waals surface area contributed by atoms with Gasteiger partial charge in [0.1, 0.15) is 5.01 Å². The van der Waals surface area contributed by atoms with Crippen molar-refractivity contribution in [1.29, 1.82) is 0 Å². The van der Waals surface area contributed by atoms with Gasteiger partial charge < -0.3 is 5.32 Å². The van der Waals surface area contributed by atoms with Crippen molar-refractivity contribution in [3.63, 3.8) is 0 Å². The van der Waals surface area contributed by atoms with E-state index in [1.54, 1.807) is 0 Å². The quantitative estimate of drug-likeness (QED) is 0.821. The van der Waals surface area contributed by atoms with Crippen LogP contribution < -0.4 is 5.32 Å². The third-order valence-electron chi connectivity index (χ3n) is 2.04. The van der Waals surface area contributed by atoms with Crippen LogP contribution in [0.1, 0.15) is 10.0 Å². The largest absolute Gasteiger partial charge is 0.445 e. The fraction of sp³-hybridized carbons (Fsp3) is 0.714. The molecule has 0 aliphatic carbocycles. The number of nitrogens with one attached hydrogen (secondary N) is 1. The van der Waals surface area contributed by atoms with Crippen LogP contribution in [0.5, 0.6) is 0 Å². The molecule has 0 radical (unpaired) electrons. The molecule has 1 saturated heterocycles. The van der Waals surface area contributed by atoms with Gasteiger partial charge in [0.05, 0.1) is 0 Å². The molecule has 0 bridgehead atoms. The second-order valence-corrected chi connectivity index (χ2v) is 4.29. The first-order valence-electron chi connectivity index (χ1n) is 4.16. The van der Waals surface area contributed by atoms with Crippen LogP contribution in [0, 0.1) is 5.92 Å². The lowest BCUT2D eigenvalue weighted by Crippen LogP contribution is -2.43. The maximum Gasteiger partial charge on any atom is 0.445 e. The molecular weight excluding hydrogens is 215 g/mol. The highest BCUT2D eigenvalue weighted by molar-refractivity contribution is 7.11. The van der Waals surface area contributed by atoms with Crippen molar-refractivity contribution in [2.24, 2.45) is 5.92 Å². The van der Waals surface area contributed by atoms with E-state index >= 15 is 0 Å². The molecule has 0 unspecified atom stereocenters. The molecule has 1 aromatic rings. The fourth-order valence-corrected chi connectivity index (χ4v) is 2.01. The summed E-state index contributed by atoms with van der Waals surface area (Å²) in [6.45, 7) is 1.72. The lowest BCUT2D eigenvalue weighted by Gasteiger charge is -2.25. The van der Waals surface area contributed by atoms with E-state index in [0.29, 0.717) is 28.7 Å². The Bertz CT molecular complexity index is 318. The normalized spacial score (nSPS) is 18.2. The highest BCUT2D eigenvalue weighted by Crippen LogP contribution is 2.32. The second kappa shape index (κ2) is 3.47. The molecule has 2 rings (SSSR count). The fourth-order valence-electron chi connectivity index (χ4n) is 1.19. The van der Waals surface area contributed by atoms with E-state index in [0.717, 1.165) is 13.1 Å². The average molecular weight is 223 g/mol. The van der Waals surface area contributed by atoms with Gasteiger partial charge in [-0.15, -0.1) is 10.2 Å². The molecule has 7 heteroatoms. The van der Waals surface area contributed by atoms with E-state index in [2.05, 4.69) is 15.5 Å². The molecular formula is C7H8F3N3S. The Labute approximate surface area is 82.3 Å². The summed E-state index contributed by atoms with van der Waals surface area (Å²) in [5, 5.41) is 9.33. The van der Waals surface area contributed by atoms with Gasteiger partial charge in [-0.25, -0.2) is 0 Å². The lowest BCUT2D eigenvalue weighted by atomic mass is 10.0. The number of hydrogen-bond acceptors (Lipinski definition) is 4. The molecule has 3 nitrogen and oxygen atoms in total. The van der Waals surface area contributed by atoms with E-state index in [1.165, 1.54) is 0 Å². The first kappa shape index (κ1) is 9.85. The van der Waals surface area contributed by atoms with Crippen LogP contribution >= 0.6 is 11.3 Å². The summed E-state index contributed by atoms with van der Waals surface area (Å²) in [5.41, 5.74) is 0. The summed E-state index contributed by atoms with van der Waals surface area (Å²) in [4.78, 5) is 0. The van der Waals surface area contributed by atoms with Gasteiger partial charge in [0.2, 0.25) is 5.01 Å². The number of hydrogen-bond donors (Lipinski definition) is 1. The summed E-state index contributed by atoms with van der Waals surface area (Å²) in [6, 6.07) is 0. The predicted molar refractivity (Wildman–Crippen MR) is 45.0 cm³/mol. The Morgan fingerprint density at radius 2 is 2.07 bits per heavy atom. The van der Waals surface area contributed by atoms with Crippen molar-refractivity contribution in [3.05, 3.63) is 10.0 Å². The smallest absolute Gasteiger partial charge is 0.316 e. The molecule has 0 saturated carbocycles. The number of rotatable bonds is 2. The van der Waals surface area contributed by atoms with Gasteiger partial charge in [0, 0.05) is 6.42 Å². The summed E-state index contributed by atoms with van der Waals surface area (Å²) >= 11 is 0.642. The van der Waals surface area contributed by atoms with Crippen LogP contribution in [0.4, 0.5) is 13.2 Å². The van der Waals surface area contributed by atoms with Crippen LogP contribution in [-0.2, 0) is 12.6 Å². The summed E-state index contributed by atoms with van der Waals surface area (Å²) in [7, 11) is 0. The Balaban J connectivity index is 2.02. The zero-order valence-corrected chi connectivity index (χ0v) is 7.95. The van der Waals surface area contributed by atoms with Crippen LogP contribution in [0.15, 0.2) is 0 Å². The van der Waals surface area contributed by atoms with Crippen LogP contribution in [0.3, 0.4) is 0 Å². The van der Waals surface area contributed by atoms with Crippen molar-refractivity contribution in [3.8, 4) is 0 Å². The number of aromatic nitrogens is 2. The minimum absolute atomic E-state index is 0.420. The highest BCUT2D eigenvalue weighted by atomic mass is 32.1. The van der Waals surface area contributed by atoms with Crippen LogP contribution in [0.25, 0.3) is 0 Å². The van der Waals surface area contributed by atoms with Crippen molar-refractivity contribution >= 4 is 11.3 Å². The standard InChI is InChI=1S/C7H8F3N3S/c8-7(9,10)6-13-12-5(14-6)1-4-2-11-3-4/h4,11H,1-3H2. The van der Waals surface area contributed by atoms with Crippen molar-refractivity contribution in [2.75, 3.05) is 13.1 Å². The van der Waals surface area contributed by atoms with Gasteiger partial charge in [-0.1, -0.05) is 11.3 Å². The monoisotopic (exact) mass is 223 g/mol. The molecule has 1 fully saturated rings. The minimum Gasteiger partial charge on any atom is -0.316 e. The Morgan fingerprint density at radius 1 is 1.36 bits per heavy atom. The van der Waals surface area contributed by atoms with Crippen molar-refractivity contribution in [2.45, 2.75) is 12.6 Å². The summed E-state index contributed by atoms with van der Waals surface area (Å²) in [5.74, 6) is 0.420. The van der Waals surface area contributed by atoms with E-state index < -0.39 is 11.2 Å². The number of alkyl halides is 3. The molecule has 0 atom stereocenters. The molecule has 1 aliphatic rings. The molecule has 1 N–H and O–H groups in total. The third kappa shape index (κ3) is 2.03. The lowest BCUT2D eigenvalue weighted by molar-refractivity contribution is -0.138. The van der Waals surface area contributed by atoms with Gasteiger partial charge in [0.25, 0.3) is 0 Å². The summed E-state index contributed by atoms with van der Waals surface area (Å²) in [6.07, 6.45) is -3.76. The van der Waals surface area contributed by atoms with Crippen LogP contribution in [0.2, 0.25) is 0 Å². The van der Waals surface area contributed by atoms with E-state index in [9.17, 15) is 13.2 Å². The first-order valence-corrected chi connectivity index (χ1v) is 4.97. The maximum atomic E-state index is 12.1. The first-order chi connectivity index (χ1) is 6.55. The molecule has 1 aromatic heterocycles. The maximum absolute atomic E-state index is 12.1. The number of halogens is 3. The molecule has 2 heterocycles. The van der Waals surface area contributed by atoms with Crippen molar-refractivity contribution < 1.29 is 13.2 Å². The van der Waals surface area contributed by atoms with Gasteiger partial charge in [-0.2, -0.15) is 13.2 Å². The third-order valence-corrected chi connectivity index (χ3v) is 3.03. The van der Waals surface area contributed by atoms with Crippen LogP contribution in [-0.4, -0.2) is 23.3 Å². The topological polar surface area (TPSA) is 37.8 Å². The molecule has 1 aliphatic heterocycles. The highest BCUT2D eigenvalue weighted by Gasteiger charge is 2.35. The van der Waals surface area contributed by atoms with E-state index in [-0.39, 0.29) is 0 Å². The molecule has 0 spiro atoms. The summed E-state index contributed by atoms with van der Waals surface area (Å²) < 4.78 is 36.4. The van der Waals surface area contributed by atoms with Gasteiger partial charge in [-0.05, 0) is 19.0 Å². The molecule has 0 aromatic carbocycles. The van der Waals surface area contributed by atoms with E-state index in [4.69, 9.17) is 0 Å². The Hall–Kier alpha value is -0.690. The van der Waals surface area contributed by atoms with Gasteiger partial charge in [-0.3, -0.25) is 0 Å². The molecule has 78 valence electrons. The minimum atomic E-state index is -4.35. The molecule has 14 heavy (non-hydrogen) atoms. The second-order valence-electron chi connectivity index (χ2n) is 3.23. The van der Waals surface area contributed by atoms with Gasteiger partial charge in [0.15, 0.2) is 0 Å². The zero-order chi connectivity index (χ0) is 10.2. The zero-order valence-electron chi connectivity index (χ0n) is 7.14. The number of nitrogens with zero attached hydrogens (tertiary/aromatic N) is 2. The SMILES string of the molecule is FC(F)(F)c1nnc(CC2CNC2)s1. The predicted octanol–water partition coefficient (Wildman–Crippen LogP) is 1.32. The average Bonchev–Trinajstić information content (AvgIpc) is 2.43. The van der Waals surface area contributed by atoms with Crippen molar-refractivity contribution in [1.82, 2.24) is 15.5 Å². The molecule has 0 amide bonds. The van der Waals surface area contributed by atoms with E-state index in [1.807, 2.05) is 0 Å².